The van der Waals surface area contributed by atoms with Crippen molar-refractivity contribution in [2.45, 2.75) is 38.5 Å². The normalized spacial score (nSPS) is 10.4. The number of ether oxygens (including phenoxy) is 11. The summed E-state index contributed by atoms with van der Waals surface area (Å²) in [6, 6.07) is 16.4. The van der Waals surface area contributed by atoms with Gasteiger partial charge in [-0.05, 0) is 48.6 Å². The third-order valence-electron chi connectivity index (χ3n) is 10.6. The van der Waals surface area contributed by atoms with Crippen LogP contribution in [-0.2, 0) is 67.5 Å². The minimum Gasteiger partial charge on any atom is -0.489 e. The van der Waals surface area contributed by atoms with Crippen molar-refractivity contribution < 1.29 is 105 Å². The summed E-state index contributed by atoms with van der Waals surface area (Å²) < 4.78 is 64.1. The first-order valence-corrected chi connectivity index (χ1v) is 26.7. The molecule has 0 atom stereocenters. The van der Waals surface area contributed by atoms with Gasteiger partial charge in [-0.1, -0.05) is 80.9 Å². The molecule has 4 rings (SSSR count). The molecule has 0 aliphatic heterocycles. The Morgan fingerprint density at radius 2 is 0.674 bits per heavy atom. The largest absolute Gasteiger partial charge is 0.489 e. The third-order valence-corrected chi connectivity index (χ3v) is 10.6. The molecule has 0 aliphatic rings. The van der Waals surface area contributed by atoms with E-state index in [0.717, 1.165) is 30.8 Å². The number of hydrogen-bond acceptors (Lipinski definition) is 22. The highest BCUT2D eigenvalue weighted by Gasteiger charge is 2.21. The molecular weight excluding hydrogens is 1120 g/mol. The highest BCUT2D eigenvalue weighted by atomic mass is 17.2. The summed E-state index contributed by atoms with van der Waals surface area (Å²) in [6.07, 6.45) is 14.0. The van der Waals surface area contributed by atoms with E-state index in [0.29, 0.717) is 53.3 Å². The topological polar surface area (TPSA) is 242 Å². The van der Waals surface area contributed by atoms with Crippen LogP contribution in [0.5, 0.6) is 46.0 Å². The van der Waals surface area contributed by atoms with Gasteiger partial charge in [-0.2, -0.15) is 14.7 Å². The average molecular weight is 1190 g/mol. The minimum atomic E-state index is -0.783. The number of rotatable bonds is 45. The zero-order valence-electron chi connectivity index (χ0n) is 47.5. The molecule has 22 heteroatoms. The van der Waals surface area contributed by atoms with E-state index in [1.165, 1.54) is 42.7 Å². The average Bonchev–Trinajstić information content (AvgIpc) is 3.00. The Labute approximate surface area is 497 Å². The Balaban J connectivity index is 1.61. The van der Waals surface area contributed by atoms with Gasteiger partial charge in [0.15, 0.2) is 41.8 Å². The lowest BCUT2D eigenvalue weighted by Gasteiger charge is -2.19. The Kier molecular flexibility index (Phi) is 33.2. The number of esters is 5. The summed E-state index contributed by atoms with van der Waals surface area (Å²) in [7, 11) is 0. The van der Waals surface area contributed by atoms with E-state index in [9.17, 15) is 24.0 Å². The van der Waals surface area contributed by atoms with Crippen molar-refractivity contribution in [2.75, 3.05) is 79.3 Å². The van der Waals surface area contributed by atoms with Crippen LogP contribution in [0.2, 0.25) is 0 Å². The van der Waals surface area contributed by atoms with Gasteiger partial charge in [-0.25, -0.2) is 24.0 Å². The second kappa shape index (κ2) is 41.8. The van der Waals surface area contributed by atoms with E-state index >= 15 is 0 Å². The van der Waals surface area contributed by atoms with Crippen molar-refractivity contribution in [1.29, 1.82) is 0 Å². The van der Waals surface area contributed by atoms with E-state index < -0.39 is 29.8 Å². The van der Waals surface area contributed by atoms with Crippen molar-refractivity contribution in [2.24, 2.45) is 0 Å². The van der Waals surface area contributed by atoms with Crippen molar-refractivity contribution >= 4 is 52.8 Å². The van der Waals surface area contributed by atoms with E-state index in [1.807, 2.05) is 0 Å². The van der Waals surface area contributed by atoms with Crippen LogP contribution in [0, 0.1) is 0 Å². The summed E-state index contributed by atoms with van der Waals surface area (Å²) >= 11 is 0. The molecule has 0 saturated carbocycles. The summed E-state index contributed by atoms with van der Waals surface area (Å²) in [5.41, 5.74) is 8.08. The van der Waals surface area contributed by atoms with Gasteiger partial charge < -0.3 is 66.8 Å². The van der Waals surface area contributed by atoms with Gasteiger partial charge in [0.05, 0.1) is 79.3 Å². The molecule has 0 N–H and O–H groups in total. The number of carbonyl (C=O) groups excluding carboxylic acids is 5. The highest BCUT2D eigenvalue weighted by molar-refractivity contribution is 5.99. The molecule has 0 unspecified atom stereocenters. The molecule has 0 bridgehead atoms. The van der Waals surface area contributed by atoms with Crippen LogP contribution in [0.1, 0.15) is 49.7 Å². The maximum atomic E-state index is 13.7. The van der Waals surface area contributed by atoms with Gasteiger partial charge in [-0.3, -0.25) is 0 Å². The molecule has 0 aliphatic carbocycles. The molecule has 0 saturated heterocycles. The number of carbonyl (C=O) groups is 5. The van der Waals surface area contributed by atoms with E-state index in [4.69, 9.17) is 81.4 Å². The van der Waals surface area contributed by atoms with Gasteiger partial charge in [0.2, 0.25) is 11.5 Å². The second-order valence-electron chi connectivity index (χ2n) is 16.8. The summed E-state index contributed by atoms with van der Waals surface area (Å²) in [4.78, 5) is 92.1. The molecular formula is C64H68O22. The van der Waals surface area contributed by atoms with Gasteiger partial charge >= 0.3 is 29.8 Å². The van der Waals surface area contributed by atoms with E-state index in [-0.39, 0.29) is 132 Å². The van der Waals surface area contributed by atoms with Gasteiger partial charge in [-0.15, -0.1) is 0 Å². The van der Waals surface area contributed by atoms with E-state index in [1.54, 1.807) is 48.5 Å². The molecule has 0 spiro atoms. The summed E-state index contributed by atoms with van der Waals surface area (Å²) in [6.45, 7) is 21.6. The molecule has 4 aromatic carbocycles. The predicted octanol–water partition coefficient (Wildman–Crippen LogP) is 10.6. The first-order valence-electron chi connectivity index (χ1n) is 26.7. The Bertz CT molecular complexity index is 3080. The molecule has 456 valence electrons. The van der Waals surface area contributed by atoms with Crippen LogP contribution in [0.4, 0.5) is 0 Å². The fourth-order valence-electron chi connectivity index (χ4n) is 6.84. The number of benzene rings is 4. The smallest absolute Gasteiger partial charge is 0.336 e. The van der Waals surface area contributed by atoms with Gasteiger partial charge in [0.1, 0.15) is 11.5 Å². The quantitative estimate of drug-likeness (QED) is 0.00460. The van der Waals surface area contributed by atoms with Crippen molar-refractivity contribution in [3.63, 3.8) is 0 Å². The van der Waals surface area contributed by atoms with Crippen molar-refractivity contribution in [3.8, 4) is 46.0 Å². The molecule has 0 heterocycles. The lowest BCUT2D eigenvalue weighted by atomic mass is 10.1. The maximum Gasteiger partial charge on any atom is 0.336 e. The molecule has 0 radical (unpaired) electrons. The van der Waals surface area contributed by atoms with Crippen LogP contribution in [0.3, 0.4) is 0 Å². The Morgan fingerprint density at radius 1 is 0.360 bits per heavy atom. The first-order chi connectivity index (χ1) is 42.1. The van der Waals surface area contributed by atoms with Crippen molar-refractivity contribution in [3.05, 3.63) is 178 Å². The molecule has 0 aromatic heterocycles. The third kappa shape index (κ3) is 26.0. The fourth-order valence-corrected chi connectivity index (χ4v) is 6.84. The monoisotopic (exact) mass is 1190 g/mol. The van der Waals surface area contributed by atoms with Crippen LogP contribution in [0.15, 0.2) is 166 Å². The second-order valence-corrected chi connectivity index (χ2v) is 16.8. The number of fused-ring (bicyclic) bond motifs is 1. The van der Waals surface area contributed by atoms with Crippen LogP contribution >= 0.6 is 0 Å². The summed E-state index contributed by atoms with van der Waals surface area (Å²) in [5.74, 6) is -1.71. The Morgan fingerprint density at radius 3 is 1.01 bits per heavy atom. The first kappa shape index (κ1) is 68.3. The molecule has 22 nitrogen and oxygen atoms in total. The molecule has 0 fully saturated rings. The maximum absolute atomic E-state index is 13.7. The van der Waals surface area contributed by atoms with Crippen LogP contribution in [-0.4, -0.2) is 109 Å². The fraction of sp³-hybridized carbons (Fsp3) is 0.281. The highest BCUT2D eigenvalue weighted by Crippen LogP contribution is 2.43. The van der Waals surface area contributed by atoms with Gasteiger partial charge in [0.25, 0.3) is 0 Å². The SMILES string of the molecule is C=C=COOCCCOc1ccc(/C=C/C(=O)Oc2ccc(OC(=O)/C=C/c3ccc(OCCCOC(=O)C=C)c(OCCCOC(=O)C=C)c3OCCCOOC=C=C)c3ccccc23)c(OCCCOC(=O)C=C)c1OCCCOOC=C=C. The predicted molar refractivity (Wildman–Crippen MR) is 313 cm³/mol. The van der Waals surface area contributed by atoms with Crippen molar-refractivity contribution in [1.82, 2.24) is 0 Å². The van der Waals surface area contributed by atoms with E-state index in [2.05, 4.69) is 56.7 Å². The number of hydrogen-bond donors (Lipinski definition) is 0. The lowest BCUT2D eigenvalue weighted by Crippen LogP contribution is -2.11. The van der Waals surface area contributed by atoms with Gasteiger partial charge in [0, 0.05) is 90.8 Å². The van der Waals surface area contributed by atoms with Crippen LogP contribution < -0.4 is 37.9 Å². The lowest BCUT2D eigenvalue weighted by molar-refractivity contribution is -0.249. The Hall–Kier alpha value is -10.2. The standard InChI is InChI=1S/C64H68O22/c1-7-33-79-82-45-18-37-71-55-28-24-48(61(75-41-16-39-73-57(66)11-5)64(55)78-44-20-47-84-81-35-9-3)25-31-59(68)85-52-29-30-53(51-22-14-13-21-50(51)52)86-60(69)32-26-49-23-27-54(70-36-15-38-72-56(65)10-4)63(77-42-17-40-74-58(67)12-6)62(49)76-43-19-46-83-80-34-8-2/h10-14,21-35H,1-6,15-20,36-47H2/b31-25+,32-26+. The molecule has 86 heavy (non-hydrogen) atoms. The zero-order valence-corrected chi connectivity index (χ0v) is 47.5. The molecule has 0 amide bonds. The summed E-state index contributed by atoms with van der Waals surface area (Å²) in [5, 5.41) is 0.873. The molecule has 4 aromatic rings. The zero-order chi connectivity index (χ0) is 61.8. The minimum absolute atomic E-state index is 0.0282. The van der Waals surface area contributed by atoms with Crippen LogP contribution in [0.25, 0.3) is 22.9 Å².